The van der Waals surface area contributed by atoms with Crippen LogP contribution in [0.15, 0.2) is 0 Å². The van der Waals surface area contributed by atoms with Crippen molar-refractivity contribution in [3.05, 3.63) is 0 Å². The molecular formula is C11H19NO3. The maximum atomic E-state index is 12.0. The highest BCUT2D eigenvalue weighted by Crippen LogP contribution is 2.21. The Balaban J connectivity index is 2.61. The Hall–Kier alpha value is -0.900. The number of likely N-dealkylation sites (tertiary alicyclic amines) is 1. The third kappa shape index (κ3) is 2.78. The zero-order valence-corrected chi connectivity index (χ0v) is 9.66. The molecule has 15 heavy (non-hydrogen) atoms. The normalized spacial score (nSPS) is 23.8. The van der Waals surface area contributed by atoms with Gasteiger partial charge >= 0.3 is 5.97 Å². The van der Waals surface area contributed by atoms with Crippen LogP contribution in [0.25, 0.3) is 0 Å². The molecule has 0 bridgehead atoms. The van der Waals surface area contributed by atoms with Gasteiger partial charge in [0.25, 0.3) is 0 Å². The smallest absolute Gasteiger partial charge is 0.316 e. The summed E-state index contributed by atoms with van der Waals surface area (Å²) in [7, 11) is 3.32. The zero-order chi connectivity index (χ0) is 11.4. The number of Topliss-reactive ketones (excluding diaryl/α,β-unsaturated/α-hetero) is 1. The number of hydrogen-bond donors (Lipinski definition) is 0. The van der Waals surface area contributed by atoms with Gasteiger partial charge in [-0.2, -0.15) is 0 Å². The number of methoxy groups -OCH3 is 1. The quantitative estimate of drug-likeness (QED) is 0.509. The average molecular weight is 213 g/mol. The molecule has 0 aliphatic carbocycles. The number of hydrogen-bond acceptors (Lipinski definition) is 4. The summed E-state index contributed by atoms with van der Waals surface area (Å²) in [6.45, 7) is 3.55. The lowest BCUT2D eigenvalue weighted by molar-refractivity contribution is -0.150. The van der Waals surface area contributed by atoms with Crippen LogP contribution in [0.5, 0.6) is 0 Å². The minimum atomic E-state index is -0.563. The summed E-state index contributed by atoms with van der Waals surface area (Å²) in [5.41, 5.74) is 0. The standard InChI is InChI=1S/C11H19NO3/c1-4-9(11(14)15-3)10(13)8-5-6-12(2)7-8/h8-9H,4-7H2,1-3H3. The van der Waals surface area contributed by atoms with Crippen LogP contribution in [0.4, 0.5) is 0 Å². The predicted molar refractivity (Wildman–Crippen MR) is 56.4 cm³/mol. The van der Waals surface area contributed by atoms with Gasteiger partial charge in [0, 0.05) is 12.5 Å². The second kappa shape index (κ2) is 5.26. The molecule has 0 aromatic heterocycles. The van der Waals surface area contributed by atoms with Crippen LogP contribution < -0.4 is 0 Å². The van der Waals surface area contributed by atoms with Crippen LogP contribution in [0, 0.1) is 11.8 Å². The number of ketones is 1. The Morgan fingerprint density at radius 3 is 2.60 bits per heavy atom. The van der Waals surface area contributed by atoms with Gasteiger partial charge in [-0.1, -0.05) is 6.92 Å². The molecule has 0 radical (unpaired) electrons. The molecule has 0 amide bonds. The molecule has 0 aromatic rings. The van der Waals surface area contributed by atoms with Crippen LogP contribution in [-0.4, -0.2) is 43.9 Å². The van der Waals surface area contributed by atoms with Gasteiger partial charge in [-0.25, -0.2) is 0 Å². The van der Waals surface area contributed by atoms with Gasteiger partial charge in [0.1, 0.15) is 5.92 Å². The Bertz CT molecular complexity index is 252. The highest BCUT2D eigenvalue weighted by atomic mass is 16.5. The molecule has 4 heteroatoms. The molecule has 2 unspecified atom stereocenters. The molecule has 4 nitrogen and oxygen atoms in total. The van der Waals surface area contributed by atoms with Crippen LogP contribution in [0.2, 0.25) is 0 Å². The highest BCUT2D eigenvalue weighted by molar-refractivity contribution is 6.00. The first-order valence-electron chi connectivity index (χ1n) is 5.40. The topological polar surface area (TPSA) is 46.6 Å². The van der Waals surface area contributed by atoms with Gasteiger partial charge < -0.3 is 9.64 Å². The van der Waals surface area contributed by atoms with Gasteiger partial charge in [-0.05, 0) is 26.4 Å². The summed E-state index contributed by atoms with van der Waals surface area (Å²) in [5.74, 6) is -0.892. The summed E-state index contributed by atoms with van der Waals surface area (Å²) in [6.07, 6.45) is 1.40. The van der Waals surface area contributed by atoms with Crippen molar-refractivity contribution >= 4 is 11.8 Å². The van der Waals surface area contributed by atoms with Crippen LogP contribution in [0.3, 0.4) is 0 Å². The first-order chi connectivity index (χ1) is 7.10. The van der Waals surface area contributed by atoms with Crippen molar-refractivity contribution < 1.29 is 14.3 Å². The fraction of sp³-hybridized carbons (Fsp3) is 0.818. The van der Waals surface area contributed by atoms with Gasteiger partial charge in [0.05, 0.1) is 7.11 Å². The molecule has 1 saturated heterocycles. The Morgan fingerprint density at radius 1 is 1.53 bits per heavy atom. The summed E-state index contributed by atoms with van der Waals surface area (Å²) < 4.78 is 4.64. The lowest BCUT2D eigenvalue weighted by atomic mass is 9.90. The van der Waals surface area contributed by atoms with E-state index in [-0.39, 0.29) is 11.7 Å². The van der Waals surface area contributed by atoms with Crippen LogP contribution in [-0.2, 0) is 14.3 Å². The van der Waals surface area contributed by atoms with E-state index in [4.69, 9.17) is 0 Å². The van der Waals surface area contributed by atoms with E-state index in [1.807, 2.05) is 14.0 Å². The molecular weight excluding hydrogens is 194 g/mol. The number of rotatable bonds is 4. The molecule has 1 rings (SSSR count). The average Bonchev–Trinajstić information content (AvgIpc) is 2.65. The molecule has 0 aromatic carbocycles. The third-order valence-electron chi connectivity index (χ3n) is 3.03. The van der Waals surface area contributed by atoms with Crippen LogP contribution >= 0.6 is 0 Å². The van der Waals surface area contributed by atoms with E-state index in [0.717, 1.165) is 19.5 Å². The van der Waals surface area contributed by atoms with E-state index in [0.29, 0.717) is 6.42 Å². The van der Waals surface area contributed by atoms with E-state index in [1.165, 1.54) is 7.11 Å². The number of nitrogens with zero attached hydrogens (tertiary/aromatic N) is 1. The SMILES string of the molecule is CCC(C(=O)OC)C(=O)C1CCN(C)C1. The zero-order valence-electron chi connectivity index (χ0n) is 9.66. The fourth-order valence-corrected chi connectivity index (χ4v) is 2.08. The van der Waals surface area contributed by atoms with Gasteiger partial charge in [-0.3, -0.25) is 9.59 Å². The highest BCUT2D eigenvalue weighted by Gasteiger charge is 2.34. The first-order valence-corrected chi connectivity index (χ1v) is 5.40. The molecule has 2 atom stereocenters. The first kappa shape index (κ1) is 12.2. The molecule has 0 saturated carbocycles. The van der Waals surface area contributed by atoms with Gasteiger partial charge in [-0.15, -0.1) is 0 Å². The van der Waals surface area contributed by atoms with Crippen LogP contribution in [0.1, 0.15) is 19.8 Å². The lowest BCUT2D eigenvalue weighted by Crippen LogP contribution is -2.31. The summed E-state index contributed by atoms with van der Waals surface area (Å²) in [6, 6.07) is 0. The van der Waals surface area contributed by atoms with E-state index in [2.05, 4.69) is 9.64 Å². The van der Waals surface area contributed by atoms with E-state index >= 15 is 0 Å². The lowest BCUT2D eigenvalue weighted by Gasteiger charge is -2.15. The summed E-state index contributed by atoms with van der Waals surface area (Å²) in [5, 5.41) is 0. The van der Waals surface area contributed by atoms with Crippen molar-refractivity contribution in [3.63, 3.8) is 0 Å². The van der Waals surface area contributed by atoms with Crippen molar-refractivity contribution in [1.82, 2.24) is 4.90 Å². The Kier molecular flexibility index (Phi) is 4.27. The number of carbonyl (C=O) groups excluding carboxylic acids is 2. The molecule has 1 heterocycles. The number of carbonyl (C=O) groups is 2. The minimum Gasteiger partial charge on any atom is -0.468 e. The monoisotopic (exact) mass is 213 g/mol. The van der Waals surface area contributed by atoms with Crippen molar-refractivity contribution in [2.75, 3.05) is 27.2 Å². The molecule has 0 N–H and O–H groups in total. The second-order valence-corrected chi connectivity index (χ2v) is 4.13. The van der Waals surface area contributed by atoms with E-state index < -0.39 is 11.9 Å². The summed E-state index contributed by atoms with van der Waals surface area (Å²) >= 11 is 0. The molecule has 1 aliphatic heterocycles. The van der Waals surface area contributed by atoms with Crippen molar-refractivity contribution in [3.8, 4) is 0 Å². The Labute approximate surface area is 90.6 Å². The van der Waals surface area contributed by atoms with Gasteiger partial charge in [0.15, 0.2) is 5.78 Å². The largest absolute Gasteiger partial charge is 0.468 e. The summed E-state index contributed by atoms with van der Waals surface area (Å²) in [4.78, 5) is 25.5. The van der Waals surface area contributed by atoms with Crippen molar-refractivity contribution in [1.29, 1.82) is 0 Å². The predicted octanol–water partition coefficient (Wildman–Crippen LogP) is 0.706. The van der Waals surface area contributed by atoms with Gasteiger partial charge in [0.2, 0.25) is 0 Å². The molecule has 86 valence electrons. The molecule has 0 spiro atoms. The maximum absolute atomic E-state index is 12.0. The van der Waals surface area contributed by atoms with E-state index in [9.17, 15) is 9.59 Å². The van der Waals surface area contributed by atoms with Crippen molar-refractivity contribution in [2.45, 2.75) is 19.8 Å². The Morgan fingerprint density at radius 2 is 2.20 bits per heavy atom. The number of esters is 1. The maximum Gasteiger partial charge on any atom is 0.316 e. The third-order valence-corrected chi connectivity index (χ3v) is 3.03. The van der Waals surface area contributed by atoms with E-state index in [1.54, 1.807) is 0 Å². The fourth-order valence-electron chi connectivity index (χ4n) is 2.08. The second-order valence-electron chi connectivity index (χ2n) is 4.13. The number of ether oxygens (including phenoxy) is 1. The van der Waals surface area contributed by atoms with Crippen molar-refractivity contribution in [2.24, 2.45) is 11.8 Å². The minimum absolute atomic E-state index is 0.0130. The molecule has 1 fully saturated rings. The molecule has 1 aliphatic rings.